The Morgan fingerprint density at radius 3 is 2.60 bits per heavy atom. The van der Waals surface area contributed by atoms with Crippen LogP contribution < -0.4 is 11.1 Å². The van der Waals surface area contributed by atoms with Crippen molar-refractivity contribution < 1.29 is 4.79 Å². The molecule has 1 unspecified atom stereocenters. The van der Waals surface area contributed by atoms with Crippen LogP contribution in [-0.2, 0) is 11.2 Å². The third-order valence-electron chi connectivity index (χ3n) is 8.39. The Kier molecular flexibility index (Phi) is 6.71. The van der Waals surface area contributed by atoms with E-state index >= 15 is 0 Å². The molecule has 9 heteroatoms. The first-order valence-electron chi connectivity index (χ1n) is 14.4. The number of nitrogen functional groups attached to an aromatic ring is 1. The number of pyridine rings is 3. The number of aryl methyl sites for hydroxylation is 1. The third-order valence-corrected chi connectivity index (χ3v) is 8.39. The highest BCUT2D eigenvalue weighted by Gasteiger charge is 2.29. The molecule has 1 atom stereocenters. The van der Waals surface area contributed by atoms with E-state index in [1.54, 1.807) is 12.4 Å². The van der Waals surface area contributed by atoms with Crippen molar-refractivity contribution in [3.05, 3.63) is 96.8 Å². The molecule has 3 N–H and O–H groups in total. The maximum absolute atomic E-state index is 12.0. The van der Waals surface area contributed by atoms with E-state index in [1.165, 1.54) is 17.2 Å². The van der Waals surface area contributed by atoms with Gasteiger partial charge in [-0.15, -0.1) is 0 Å². The van der Waals surface area contributed by atoms with Gasteiger partial charge in [0.1, 0.15) is 11.3 Å². The number of rotatable bonds is 6. The number of hydrogen-bond donors (Lipinski definition) is 2. The molecule has 5 aromatic rings. The highest BCUT2D eigenvalue weighted by molar-refractivity contribution is 5.87. The van der Waals surface area contributed by atoms with Gasteiger partial charge >= 0.3 is 0 Å². The summed E-state index contributed by atoms with van der Waals surface area (Å²) in [5.74, 6) is 1.15. The summed E-state index contributed by atoms with van der Waals surface area (Å²) in [6, 6.07) is 20.9. The number of aromatic nitrogens is 5. The average molecular weight is 557 g/mol. The largest absolute Gasteiger partial charge is 0.383 e. The molecule has 42 heavy (non-hydrogen) atoms. The molecule has 4 aromatic heterocycles. The fourth-order valence-corrected chi connectivity index (χ4v) is 6.24. The highest BCUT2D eigenvalue weighted by Crippen LogP contribution is 2.36. The average Bonchev–Trinajstić information content (AvgIpc) is 3.62. The molecule has 9 nitrogen and oxygen atoms in total. The molecule has 1 aliphatic heterocycles. The predicted octanol–water partition coefficient (Wildman–Crippen LogP) is 4.88. The van der Waals surface area contributed by atoms with Gasteiger partial charge in [0.25, 0.3) is 0 Å². The van der Waals surface area contributed by atoms with Gasteiger partial charge in [0.2, 0.25) is 5.91 Å². The first-order valence-corrected chi connectivity index (χ1v) is 14.4. The lowest BCUT2D eigenvalue weighted by atomic mass is 10.0. The minimum Gasteiger partial charge on any atom is -0.383 e. The Hall–Kier alpha value is -4.89. The van der Waals surface area contributed by atoms with E-state index in [2.05, 4.69) is 44.6 Å². The van der Waals surface area contributed by atoms with Gasteiger partial charge in [-0.1, -0.05) is 18.7 Å². The number of imidazole rings is 1. The number of nitrogens with zero attached hydrogens (tertiary/aromatic N) is 6. The maximum atomic E-state index is 12.0. The number of nitrogens with two attached hydrogens (primary N) is 1. The van der Waals surface area contributed by atoms with Crippen molar-refractivity contribution in [3.8, 4) is 28.5 Å². The number of amides is 1. The van der Waals surface area contributed by atoms with Crippen molar-refractivity contribution in [2.24, 2.45) is 0 Å². The number of nitrogens with one attached hydrogen (secondary N) is 1. The van der Waals surface area contributed by atoms with Crippen molar-refractivity contribution in [1.82, 2.24) is 34.7 Å². The Morgan fingerprint density at radius 1 is 0.952 bits per heavy atom. The summed E-state index contributed by atoms with van der Waals surface area (Å²) in [6.45, 7) is 5.15. The van der Waals surface area contributed by atoms with Gasteiger partial charge in [-0.3, -0.25) is 14.3 Å². The number of benzene rings is 1. The van der Waals surface area contributed by atoms with Crippen LogP contribution in [0, 0.1) is 0 Å². The van der Waals surface area contributed by atoms with Crippen molar-refractivity contribution >= 4 is 22.9 Å². The van der Waals surface area contributed by atoms with E-state index in [0.717, 1.165) is 72.6 Å². The standard InChI is InChI=1S/C33H32N8O/c1-2-30(42)40-18-14-22(15-19-40)37-26-11-8-21-20-23(9-10-24(21)26)41-32(25-6-5-17-36-31(25)34)39-29-13-12-28(38-33(29)41)27-7-3-4-16-35-27/h2-7,9-10,12-13,16-17,20,22,26,37H,1,8,11,14-15,18-19H2,(H2,34,36). The van der Waals surface area contributed by atoms with E-state index < -0.39 is 0 Å². The molecule has 1 aliphatic carbocycles. The fourth-order valence-electron chi connectivity index (χ4n) is 6.24. The molecule has 210 valence electrons. The minimum atomic E-state index is 0.0215. The lowest BCUT2D eigenvalue weighted by Crippen LogP contribution is -2.45. The second-order valence-corrected chi connectivity index (χ2v) is 10.9. The number of carbonyl (C=O) groups is 1. The molecular weight excluding hydrogens is 524 g/mol. The Balaban J connectivity index is 1.24. The Morgan fingerprint density at radius 2 is 1.81 bits per heavy atom. The zero-order valence-electron chi connectivity index (χ0n) is 23.3. The van der Waals surface area contributed by atoms with Crippen molar-refractivity contribution in [3.63, 3.8) is 0 Å². The van der Waals surface area contributed by atoms with Crippen LogP contribution in [0.3, 0.4) is 0 Å². The van der Waals surface area contributed by atoms with Crippen molar-refractivity contribution in [2.45, 2.75) is 37.8 Å². The van der Waals surface area contributed by atoms with E-state index in [0.29, 0.717) is 23.7 Å². The molecule has 7 rings (SSSR count). The normalized spacial score (nSPS) is 17.0. The predicted molar refractivity (Wildman–Crippen MR) is 164 cm³/mol. The monoisotopic (exact) mass is 556 g/mol. The zero-order valence-corrected chi connectivity index (χ0v) is 23.3. The van der Waals surface area contributed by atoms with Crippen LogP contribution in [0.2, 0.25) is 0 Å². The molecule has 1 amide bonds. The molecule has 1 saturated heterocycles. The number of anilines is 1. The first-order chi connectivity index (χ1) is 20.6. The van der Waals surface area contributed by atoms with Gasteiger partial charge in [0.15, 0.2) is 11.5 Å². The summed E-state index contributed by atoms with van der Waals surface area (Å²) in [4.78, 5) is 32.7. The van der Waals surface area contributed by atoms with Gasteiger partial charge < -0.3 is 16.0 Å². The van der Waals surface area contributed by atoms with Crippen LogP contribution in [0.1, 0.15) is 36.4 Å². The molecule has 1 fully saturated rings. The van der Waals surface area contributed by atoms with Crippen LogP contribution in [0.4, 0.5) is 5.82 Å². The summed E-state index contributed by atoms with van der Waals surface area (Å²) in [5.41, 5.74) is 13.8. The number of fused-ring (bicyclic) bond motifs is 2. The topological polar surface area (TPSA) is 115 Å². The number of likely N-dealkylation sites (tertiary alicyclic amines) is 1. The fraction of sp³-hybridized carbons (Fsp3) is 0.242. The molecule has 0 bridgehead atoms. The number of piperidine rings is 1. The summed E-state index contributed by atoms with van der Waals surface area (Å²) in [6.07, 6.45) is 8.79. The van der Waals surface area contributed by atoms with Crippen LogP contribution in [-0.4, -0.2) is 54.4 Å². The maximum Gasteiger partial charge on any atom is 0.245 e. The van der Waals surface area contributed by atoms with Crippen LogP contribution in [0.15, 0.2) is 85.7 Å². The van der Waals surface area contributed by atoms with Crippen molar-refractivity contribution in [1.29, 1.82) is 0 Å². The number of hydrogen-bond acceptors (Lipinski definition) is 7. The van der Waals surface area contributed by atoms with Gasteiger partial charge in [0.05, 0.1) is 17.0 Å². The smallest absolute Gasteiger partial charge is 0.245 e. The quantitative estimate of drug-likeness (QED) is 0.287. The third kappa shape index (κ3) is 4.71. The highest BCUT2D eigenvalue weighted by atomic mass is 16.2. The molecule has 5 heterocycles. The lowest BCUT2D eigenvalue weighted by molar-refractivity contribution is -0.127. The summed E-state index contributed by atoms with van der Waals surface area (Å²) in [5, 5.41) is 3.88. The Labute approximate surface area is 244 Å². The summed E-state index contributed by atoms with van der Waals surface area (Å²) >= 11 is 0. The van der Waals surface area contributed by atoms with E-state index in [9.17, 15) is 4.79 Å². The van der Waals surface area contributed by atoms with E-state index in [4.69, 9.17) is 15.7 Å². The zero-order chi connectivity index (χ0) is 28.6. The van der Waals surface area contributed by atoms with Gasteiger partial charge in [-0.05, 0) is 91.4 Å². The van der Waals surface area contributed by atoms with Crippen LogP contribution >= 0.6 is 0 Å². The second kappa shape index (κ2) is 10.8. The van der Waals surface area contributed by atoms with Crippen LogP contribution in [0.5, 0.6) is 0 Å². The molecule has 0 saturated carbocycles. The first kappa shape index (κ1) is 26.0. The SMILES string of the molecule is C=CC(=O)N1CCC(NC2CCc3cc(-n4c(-c5cccnc5N)nc5ccc(-c6ccccn6)nc54)ccc32)CC1. The van der Waals surface area contributed by atoms with Gasteiger partial charge in [-0.2, -0.15) is 0 Å². The summed E-state index contributed by atoms with van der Waals surface area (Å²) in [7, 11) is 0. The lowest BCUT2D eigenvalue weighted by Gasteiger charge is -2.33. The van der Waals surface area contributed by atoms with E-state index in [1.807, 2.05) is 47.4 Å². The molecule has 1 aromatic carbocycles. The second-order valence-electron chi connectivity index (χ2n) is 10.9. The Bertz CT molecular complexity index is 1790. The molecule has 2 aliphatic rings. The molecule has 0 spiro atoms. The number of carbonyl (C=O) groups excluding carboxylic acids is 1. The van der Waals surface area contributed by atoms with Gasteiger partial charge in [-0.25, -0.2) is 15.0 Å². The minimum absolute atomic E-state index is 0.0215. The molecular formula is C33H32N8O. The van der Waals surface area contributed by atoms with Crippen molar-refractivity contribution in [2.75, 3.05) is 18.8 Å². The van der Waals surface area contributed by atoms with Gasteiger partial charge in [0, 0.05) is 43.3 Å². The van der Waals surface area contributed by atoms with Crippen LogP contribution in [0.25, 0.3) is 39.6 Å². The summed E-state index contributed by atoms with van der Waals surface area (Å²) < 4.78 is 2.09. The van der Waals surface area contributed by atoms with E-state index in [-0.39, 0.29) is 5.91 Å². The molecule has 0 radical (unpaired) electrons.